The van der Waals surface area contributed by atoms with Crippen LogP contribution in [0.2, 0.25) is 0 Å². The molecule has 2 aromatic carbocycles. The van der Waals surface area contributed by atoms with Crippen LogP contribution in [0.3, 0.4) is 0 Å². The van der Waals surface area contributed by atoms with Crippen molar-refractivity contribution in [2.75, 3.05) is 11.9 Å². The van der Waals surface area contributed by atoms with E-state index in [-0.39, 0.29) is 12.3 Å². The zero-order valence-corrected chi connectivity index (χ0v) is 17.5. The molecule has 1 heterocycles. The van der Waals surface area contributed by atoms with Gasteiger partial charge < -0.3 is 14.9 Å². The third kappa shape index (κ3) is 5.75. The molecule has 1 atom stereocenters. The second-order valence-corrected chi connectivity index (χ2v) is 8.16. The summed E-state index contributed by atoms with van der Waals surface area (Å²) in [7, 11) is 0. The number of nitrogens with zero attached hydrogens (tertiary/aromatic N) is 1. The van der Waals surface area contributed by atoms with Gasteiger partial charge in [-0.2, -0.15) is 0 Å². The maximum Gasteiger partial charge on any atom is 0.351 e. The maximum absolute atomic E-state index is 13.3. The Labute approximate surface area is 179 Å². The highest BCUT2D eigenvalue weighted by atomic mass is 19.1. The van der Waals surface area contributed by atoms with Gasteiger partial charge in [0.1, 0.15) is 5.82 Å². The summed E-state index contributed by atoms with van der Waals surface area (Å²) in [5.74, 6) is -1.68. The number of ketones is 1. The molecular formula is C23H23FN2O5. The van der Waals surface area contributed by atoms with E-state index in [2.05, 4.69) is 10.5 Å². The van der Waals surface area contributed by atoms with Gasteiger partial charge in [0.05, 0.1) is 5.71 Å². The SMILES string of the molecule is CC(C)(C)C(=O)Nc1ccc(C(=O)COC(=O)C2CC(c3cccc(F)c3)=NO2)cc1. The summed E-state index contributed by atoms with van der Waals surface area (Å²) in [4.78, 5) is 41.6. The van der Waals surface area contributed by atoms with Crippen molar-refractivity contribution in [2.24, 2.45) is 10.6 Å². The fourth-order valence-electron chi connectivity index (χ4n) is 2.71. The zero-order chi connectivity index (χ0) is 22.6. The number of oxime groups is 1. The average molecular weight is 426 g/mol. The van der Waals surface area contributed by atoms with E-state index >= 15 is 0 Å². The molecule has 31 heavy (non-hydrogen) atoms. The van der Waals surface area contributed by atoms with Gasteiger partial charge in [0.15, 0.2) is 12.4 Å². The van der Waals surface area contributed by atoms with Gasteiger partial charge in [0.2, 0.25) is 12.0 Å². The molecule has 1 aliphatic rings. The second-order valence-electron chi connectivity index (χ2n) is 8.16. The summed E-state index contributed by atoms with van der Waals surface area (Å²) in [5.41, 5.74) is 1.31. The molecule has 3 rings (SSSR count). The molecule has 2 aromatic rings. The lowest BCUT2D eigenvalue weighted by Crippen LogP contribution is -2.27. The van der Waals surface area contributed by atoms with Crippen LogP contribution in [0, 0.1) is 11.2 Å². The summed E-state index contributed by atoms with van der Waals surface area (Å²) < 4.78 is 18.4. The van der Waals surface area contributed by atoms with E-state index in [1.165, 1.54) is 18.2 Å². The van der Waals surface area contributed by atoms with E-state index in [4.69, 9.17) is 9.57 Å². The van der Waals surface area contributed by atoms with Gasteiger partial charge in [-0.05, 0) is 36.4 Å². The third-order valence-electron chi connectivity index (χ3n) is 4.58. The molecular weight excluding hydrogens is 403 g/mol. The standard InChI is InChI=1S/C23H23FN2O5/c1-23(2,3)22(29)25-17-9-7-14(8-10-17)19(27)13-30-21(28)20-12-18(26-31-20)15-5-4-6-16(24)11-15/h4-11,20H,12-13H2,1-3H3,(H,25,29). The molecule has 0 spiro atoms. The summed E-state index contributed by atoms with van der Waals surface area (Å²) in [6, 6.07) is 12.1. The lowest BCUT2D eigenvalue weighted by atomic mass is 9.95. The molecule has 0 bridgehead atoms. The number of anilines is 1. The highest BCUT2D eigenvalue weighted by molar-refractivity contribution is 6.04. The summed E-state index contributed by atoms with van der Waals surface area (Å²) in [5, 5.41) is 6.58. The fourth-order valence-corrected chi connectivity index (χ4v) is 2.71. The Kier molecular flexibility index (Phi) is 6.48. The van der Waals surface area contributed by atoms with E-state index in [1.54, 1.807) is 51.1 Å². The van der Waals surface area contributed by atoms with Gasteiger partial charge in [-0.15, -0.1) is 0 Å². The first-order valence-corrected chi connectivity index (χ1v) is 9.73. The molecule has 162 valence electrons. The van der Waals surface area contributed by atoms with Gasteiger partial charge in [0, 0.05) is 28.7 Å². The third-order valence-corrected chi connectivity index (χ3v) is 4.58. The van der Waals surface area contributed by atoms with Gasteiger partial charge in [-0.3, -0.25) is 9.59 Å². The predicted molar refractivity (Wildman–Crippen MR) is 112 cm³/mol. The van der Waals surface area contributed by atoms with Crippen LogP contribution in [-0.4, -0.2) is 36.1 Å². The number of hydrogen-bond donors (Lipinski definition) is 1. The molecule has 0 saturated heterocycles. The summed E-state index contributed by atoms with van der Waals surface area (Å²) in [6.07, 6.45) is -0.861. The number of amides is 1. The first-order chi connectivity index (χ1) is 14.6. The number of rotatable bonds is 6. The Balaban J connectivity index is 1.49. The van der Waals surface area contributed by atoms with Crippen molar-refractivity contribution in [3.63, 3.8) is 0 Å². The molecule has 0 saturated carbocycles. The minimum absolute atomic E-state index is 0.124. The maximum atomic E-state index is 13.3. The Morgan fingerprint density at radius 1 is 1.16 bits per heavy atom. The molecule has 8 heteroatoms. The highest BCUT2D eigenvalue weighted by Crippen LogP contribution is 2.20. The first-order valence-electron chi connectivity index (χ1n) is 9.73. The number of halogens is 1. The number of benzene rings is 2. The molecule has 1 unspecified atom stereocenters. The Morgan fingerprint density at radius 3 is 2.52 bits per heavy atom. The van der Waals surface area contributed by atoms with E-state index in [1.807, 2.05) is 0 Å². The molecule has 1 N–H and O–H groups in total. The van der Waals surface area contributed by atoms with Crippen LogP contribution in [0.15, 0.2) is 53.7 Å². The molecule has 1 aliphatic heterocycles. The van der Waals surface area contributed by atoms with Crippen LogP contribution in [0.25, 0.3) is 0 Å². The van der Waals surface area contributed by atoms with Crippen LogP contribution in [-0.2, 0) is 19.2 Å². The summed E-state index contributed by atoms with van der Waals surface area (Å²) in [6.45, 7) is 4.94. The van der Waals surface area contributed by atoms with Crippen LogP contribution >= 0.6 is 0 Å². The molecule has 0 radical (unpaired) electrons. The van der Waals surface area contributed by atoms with Gasteiger partial charge in [0.25, 0.3) is 0 Å². The Morgan fingerprint density at radius 2 is 1.87 bits per heavy atom. The minimum atomic E-state index is -0.985. The van der Waals surface area contributed by atoms with Crippen molar-refractivity contribution in [1.29, 1.82) is 0 Å². The molecule has 0 aliphatic carbocycles. The average Bonchev–Trinajstić information content (AvgIpc) is 3.22. The molecule has 0 aromatic heterocycles. The van der Waals surface area contributed by atoms with Crippen LogP contribution in [0.4, 0.5) is 10.1 Å². The number of carbonyl (C=O) groups is 3. The van der Waals surface area contributed by atoms with Crippen molar-refractivity contribution >= 4 is 29.1 Å². The van der Waals surface area contributed by atoms with Crippen molar-refractivity contribution in [1.82, 2.24) is 0 Å². The second kappa shape index (κ2) is 9.07. The number of Topliss-reactive ketones (excluding diaryl/α,β-unsaturated/α-hetero) is 1. The quantitative estimate of drug-likeness (QED) is 0.561. The van der Waals surface area contributed by atoms with Crippen molar-refractivity contribution < 1.29 is 28.3 Å². The van der Waals surface area contributed by atoms with Crippen LogP contribution in [0.1, 0.15) is 43.1 Å². The van der Waals surface area contributed by atoms with E-state index < -0.39 is 35.7 Å². The molecule has 7 nitrogen and oxygen atoms in total. The number of nitrogens with one attached hydrogen (secondary N) is 1. The van der Waals surface area contributed by atoms with Gasteiger partial charge in [-0.1, -0.05) is 38.1 Å². The normalized spacial score (nSPS) is 15.6. The largest absolute Gasteiger partial charge is 0.454 e. The van der Waals surface area contributed by atoms with Crippen molar-refractivity contribution in [3.8, 4) is 0 Å². The number of ether oxygens (including phenoxy) is 1. The first kappa shape index (κ1) is 22.1. The van der Waals surface area contributed by atoms with Gasteiger partial charge >= 0.3 is 5.97 Å². The zero-order valence-electron chi connectivity index (χ0n) is 17.5. The smallest absolute Gasteiger partial charge is 0.351 e. The lowest BCUT2D eigenvalue weighted by Gasteiger charge is -2.17. The monoisotopic (exact) mass is 426 g/mol. The number of hydrogen-bond acceptors (Lipinski definition) is 6. The highest BCUT2D eigenvalue weighted by Gasteiger charge is 2.31. The summed E-state index contributed by atoms with van der Waals surface area (Å²) >= 11 is 0. The Hall–Kier alpha value is -3.55. The molecule has 0 fully saturated rings. The Bertz CT molecular complexity index is 1030. The van der Waals surface area contributed by atoms with Crippen LogP contribution < -0.4 is 5.32 Å². The van der Waals surface area contributed by atoms with E-state index in [0.29, 0.717) is 22.5 Å². The lowest BCUT2D eigenvalue weighted by molar-refractivity contribution is -0.154. The number of carbonyl (C=O) groups excluding carboxylic acids is 3. The van der Waals surface area contributed by atoms with Crippen LogP contribution in [0.5, 0.6) is 0 Å². The van der Waals surface area contributed by atoms with Crippen molar-refractivity contribution in [2.45, 2.75) is 33.3 Å². The van der Waals surface area contributed by atoms with Crippen molar-refractivity contribution in [3.05, 3.63) is 65.5 Å². The van der Waals surface area contributed by atoms with E-state index in [9.17, 15) is 18.8 Å². The number of esters is 1. The fraction of sp³-hybridized carbons (Fsp3) is 0.304. The molecule has 1 amide bonds. The topological polar surface area (TPSA) is 94.1 Å². The predicted octanol–water partition coefficient (Wildman–Crippen LogP) is 3.73. The minimum Gasteiger partial charge on any atom is -0.454 e. The van der Waals surface area contributed by atoms with E-state index in [0.717, 1.165) is 0 Å². The van der Waals surface area contributed by atoms with Gasteiger partial charge in [-0.25, -0.2) is 9.18 Å².